The molecule has 1 unspecified atom stereocenters. The Morgan fingerprint density at radius 3 is 2.16 bits per heavy atom. The molecule has 0 bridgehead atoms. The third kappa shape index (κ3) is 10.2. The monoisotopic (exact) mass is 285 g/mol. The second kappa shape index (κ2) is 6.63. The van der Waals surface area contributed by atoms with Gasteiger partial charge in [0.2, 0.25) is 0 Å². The van der Waals surface area contributed by atoms with Gasteiger partial charge in [-0.1, -0.05) is 0 Å². The highest BCUT2D eigenvalue weighted by Gasteiger charge is 2.29. The molecule has 8 heteroatoms. The predicted molar refractivity (Wildman–Crippen MR) is 60.7 cm³/mol. The number of ether oxygens (including phenoxy) is 1. The molecular weight excluding hydrogens is 267 g/mol. The number of hydrogen-bond acceptors (Lipinski definition) is 3. The fourth-order valence-corrected chi connectivity index (χ4v) is 1.21. The minimum atomic E-state index is -4.34. The fourth-order valence-electron chi connectivity index (χ4n) is 1.21. The summed E-state index contributed by atoms with van der Waals surface area (Å²) < 4.78 is 40.6. The largest absolute Gasteiger partial charge is 0.480 e. The first-order chi connectivity index (χ1) is 8.41. The molecule has 0 aliphatic heterocycles. The van der Waals surface area contributed by atoms with Gasteiger partial charge in [0.1, 0.15) is 11.6 Å². The molecule has 0 spiro atoms. The summed E-state index contributed by atoms with van der Waals surface area (Å²) >= 11 is 0. The Bertz CT molecular complexity index is 323. The van der Waals surface area contributed by atoms with Crippen molar-refractivity contribution in [2.24, 2.45) is 0 Å². The van der Waals surface area contributed by atoms with Crippen molar-refractivity contribution in [1.29, 1.82) is 0 Å². The van der Waals surface area contributed by atoms with Crippen LogP contribution in [0.2, 0.25) is 0 Å². The number of nitrogens with one attached hydrogen (secondary N) is 1. The molecule has 0 aliphatic carbocycles. The van der Waals surface area contributed by atoms with E-state index in [4.69, 9.17) is 9.84 Å². The van der Waals surface area contributed by atoms with Crippen LogP contribution in [0.4, 0.5) is 18.0 Å². The molecule has 0 radical (unpaired) electrons. The molecule has 0 aromatic heterocycles. The van der Waals surface area contributed by atoms with E-state index in [-0.39, 0.29) is 12.8 Å². The first-order valence-corrected chi connectivity index (χ1v) is 5.70. The minimum Gasteiger partial charge on any atom is -0.480 e. The van der Waals surface area contributed by atoms with E-state index in [1.807, 2.05) is 5.32 Å². The summed E-state index contributed by atoms with van der Waals surface area (Å²) in [6.45, 7) is 4.77. The Hall–Kier alpha value is -1.47. The highest BCUT2D eigenvalue weighted by atomic mass is 19.4. The number of carboxylic acids is 1. The summed E-state index contributed by atoms with van der Waals surface area (Å²) in [6.07, 6.45) is -7.08. The van der Waals surface area contributed by atoms with Gasteiger partial charge in [0.25, 0.3) is 0 Å². The van der Waals surface area contributed by atoms with Crippen molar-refractivity contribution in [1.82, 2.24) is 5.32 Å². The third-order valence-corrected chi connectivity index (χ3v) is 1.94. The molecule has 0 aromatic carbocycles. The topological polar surface area (TPSA) is 75.6 Å². The van der Waals surface area contributed by atoms with Crippen molar-refractivity contribution in [3.63, 3.8) is 0 Å². The molecule has 19 heavy (non-hydrogen) atoms. The number of halogens is 3. The van der Waals surface area contributed by atoms with E-state index >= 15 is 0 Å². The summed E-state index contributed by atoms with van der Waals surface area (Å²) in [5.74, 6) is -1.40. The van der Waals surface area contributed by atoms with Crippen molar-refractivity contribution < 1.29 is 32.6 Å². The zero-order valence-electron chi connectivity index (χ0n) is 11.0. The van der Waals surface area contributed by atoms with Crippen molar-refractivity contribution in [3.05, 3.63) is 0 Å². The van der Waals surface area contributed by atoms with E-state index in [9.17, 15) is 22.8 Å². The van der Waals surface area contributed by atoms with Crippen molar-refractivity contribution in [2.75, 3.05) is 0 Å². The van der Waals surface area contributed by atoms with Gasteiger partial charge in [-0.15, -0.1) is 0 Å². The summed E-state index contributed by atoms with van der Waals surface area (Å²) in [4.78, 5) is 22.1. The Morgan fingerprint density at radius 2 is 1.79 bits per heavy atom. The van der Waals surface area contributed by atoms with Crippen LogP contribution in [0.1, 0.15) is 40.0 Å². The first-order valence-electron chi connectivity index (χ1n) is 5.70. The zero-order valence-corrected chi connectivity index (χ0v) is 11.0. The lowest BCUT2D eigenvalue weighted by Gasteiger charge is -2.22. The first kappa shape index (κ1) is 17.5. The van der Waals surface area contributed by atoms with Crippen molar-refractivity contribution in [2.45, 2.75) is 57.9 Å². The molecule has 0 aromatic rings. The number of carbonyl (C=O) groups excluding carboxylic acids is 1. The van der Waals surface area contributed by atoms with Gasteiger partial charge < -0.3 is 15.2 Å². The fraction of sp³-hybridized carbons (Fsp3) is 0.818. The van der Waals surface area contributed by atoms with Crippen LogP contribution >= 0.6 is 0 Å². The van der Waals surface area contributed by atoms with E-state index in [1.54, 1.807) is 20.8 Å². The molecule has 2 N–H and O–H groups in total. The summed E-state index contributed by atoms with van der Waals surface area (Å²) in [5.41, 5.74) is -0.806. The van der Waals surface area contributed by atoms with Crippen LogP contribution in [0.15, 0.2) is 0 Å². The number of alkyl halides is 3. The Morgan fingerprint density at radius 1 is 1.26 bits per heavy atom. The molecular formula is C11H18F3NO4. The van der Waals surface area contributed by atoms with Gasteiger partial charge >= 0.3 is 18.2 Å². The number of amides is 1. The Labute approximate surface area is 109 Å². The minimum absolute atomic E-state index is 0.311. The zero-order chi connectivity index (χ0) is 15.3. The van der Waals surface area contributed by atoms with Gasteiger partial charge in [0, 0.05) is 6.42 Å². The maximum atomic E-state index is 11.9. The average Bonchev–Trinajstić information content (AvgIpc) is 2.10. The van der Waals surface area contributed by atoms with Crippen molar-refractivity contribution in [3.8, 4) is 0 Å². The standard InChI is InChI=1S/C11H18F3NO4/c1-10(2,3)19-9(18)15-7(8(16)17)5-4-6-11(12,13)14/h7H,4-6H2,1-3H3,(H,15,18)(H,16,17). The SMILES string of the molecule is CC(C)(C)OC(=O)NC(CCCC(F)(F)F)C(=O)O. The molecule has 1 amide bonds. The second-order valence-electron chi connectivity index (χ2n) is 5.04. The number of aliphatic carboxylic acids is 1. The maximum Gasteiger partial charge on any atom is 0.408 e. The second-order valence-corrected chi connectivity index (χ2v) is 5.04. The molecule has 112 valence electrons. The van der Waals surface area contributed by atoms with Crippen LogP contribution in [0, 0.1) is 0 Å². The molecule has 0 saturated carbocycles. The maximum absolute atomic E-state index is 11.9. The summed E-state index contributed by atoms with van der Waals surface area (Å²) in [7, 11) is 0. The normalized spacial score (nSPS) is 13.8. The molecule has 0 heterocycles. The number of carbonyl (C=O) groups is 2. The van der Waals surface area contributed by atoms with Gasteiger partial charge in [0.05, 0.1) is 0 Å². The lowest BCUT2D eigenvalue weighted by atomic mass is 10.1. The molecule has 0 aliphatic rings. The van der Waals surface area contributed by atoms with Gasteiger partial charge in [-0.05, 0) is 33.6 Å². The average molecular weight is 285 g/mol. The van der Waals surface area contributed by atoms with Crippen LogP contribution < -0.4 is 5.32 Å². The predicted octanol–water partition coefficient (Wildman–Crippen LogP) is 2.70. The van der Waals surface area contributed by atoms with Crippen molar-refractivity contribution >= 4 is 12.1 Å². The molecule has 0 fully saturated rings. The Balaban J connectivity index is 4.28. The van der Waals surface area contributed by atoms with E-state index < -0.39 is 36.3 Å². The third-order valence-electron chi connectivity index (χ3n) is 1.94. The quantitative estimate of drug-likeness (QED) is 0.814. The van der Waals surface area contributed by atoms with Crippen LogP contribution in [-0.4, -0.2) is 35.0 Å². The lowest BCUT2D eigenvalue weighted by Crippen LogP contribution is -2.43. The molecule has 1 atom stereocenters. The number of carboxylic acid groups (broad SMARTS) is 1. The summed E-state index contributed by atoms with van der Waals surface area (Å²) in [5, 5.41) is 10.8. The van der Waals surface area contributed by atoms with Crippen LogP contribution in [-0.2, 0) is 9.53 Å². The van der Waals surface area contributed by atoms with Gasteiger partial charge in [-0.2, -0.15) is 13.2 Å². The molecule has 0 saturated heterocycles. The van der Waals surface area contributed by atoms with Gasteiger partial charge in [-0.3, -0.25) is 0 Å². The lowest BCUT2D eigenvalue weighted by molar-refractivity contribution is -0.143. The van der Waals surface area contributed by atoms with E-state index in [0.29, 0.717) is 0 Å². The number of alkyl carbamates (subject to hydrolysis) is 1. The van der Waals surface area contributed by atoms with Crippen LogP contribution in [0.25, 0.3) is 0 Å². The van der Waals surface area contributed by atoms with Crippen LogP contribution in [0.3, 0.4) is 0 Å². The van der Waals surface area contributed by atoms with Gasteiger partial charge in [0.15, 0.2) is 0 Å². The smallest absolute Gasteiger partial charge is 0.408 e. The van der Waals surface area contributed by atoms with E-state index in [1.165, 1.54) is 0 Å². The number of hydrogen-bond donors (Lipinski definition) is 2. The van der Waals surface area contributed by atoms with E-state index in [0.717, 1.165) is 0 Å². The van der Waals surface area contributed by atoms with Gasteiger partial charge in [-0.25, -0.2) is 9.59 Å². The van der Waals surface area contributed by atoms with Crippen LogP contribution in [0.5, 0.6) is 0 Å². The highest BCUT2D eigenvalue weighted by Crippen LogP contribution is 2.22. The highest BCUT2D eigenvalue weighted by molar-refractivity contribution is 5.79. The summed E-state index contributed by atoms with van der Waals surface area (Å²) in [6, 6.07) is -1.39. The number of rotatable bonds is 5. The molecule has 5 nitrogen and oxygen atoms in total. The Kier molecular flexibility index (Phi) is 6.11. The van der Waals surface area contributed by atoms with E-state index in [2.05, 4.69) is 0 Å². The molecule has 0 rings (SSSR count).